The summed E-state index contributed by atoms with van der Waals surface area (Å²) >= 11 is 6.68. The van der Waals surface area contributed by atoms with Crippen molar-refractivity contribution in [3.8, 4) is 0 Å². The average molecular weight is 411 g/mol. The molecule has 1 aliphatic heterocycles. The molecule has 0 saturated heterocycles. The summed E-state index contributed by atoms with van der Waals surface area (Å²) in [5.41, 5.74) is 4.10. The molecule has 2 amide bonds. The molecule has 0 fully saturated rings. The fraction of sp³-hybridized carbons (Fsp3) is 0.400. The predicted molar refractivity (Wildman–Crippen MR) is 121 cm³/mol. The van der Waals surface area contributed by atoms with E-state index in [1.165, 1.54) is 11.1 Å². The first-order valence-corrected chi connectivity index (χ1v) is 10.9. The summed E-state index contributed by atoms with van der Waals surface area (Å²) in [6, 6.07) is 16.6. The highest BCUT2D eigenvalue weighted by molar-refractivity contribution is 6.31. The van der Waals surface area contributed by atoms with E-state index in [2.05, 4.69) is 69.4 Å². The van der Waals surface area contributed by atoms with Crippen molar-refractivity contribution in [2.45, 2.75) is 52.5 Å². The quantitative estimate of drug-likeness (QED) is 0.569. The van der Waals surface area contributed by atoms with Gasteiger partial charge in [-0.25, -0.2) is 4.79 Å². The Morgan fingerprint density at radius 1 is 1.10 bits per heavy atom. The van der Waals surface area contributed by atoms with Gasteiger partial charge in [0.15, 0.2) is 0 Å². The molecular weight excluding hydrogens is 380 g/mol. The van der Waals surface area contributed by atoms with Crippen LogP contribution in [0.1, 0.15) is 50.8 Å². The minimum absolute atomic E-state index is 0.0528. The van der Waals surface area contributed by atoms with E-state index in [4.69, 9.17) is 11.6 Å². The van der Waals surface area contributed by atoms with Crippen LogP contribution in [0.2, 0.25) is 5.02 Å². The third kappa shape index (κ3) is 4.67. The van der Waals surface area contributed by atoms with Gasteiger partial charge in [-0.3, -0.25) is 0 Å². The summed E-state index contributed by atoms with van der Waals surface area (Å²) in [5.74, 6) is 0.302. The van der Waals surface area contributed by atoms with Crippen molar-refractivity contribution in [2.75, 3.05) is 6.54 Å². The molecule has 1 atom stereocenters. The average Bonchev–Trinajstić information content (AvgIpc) is 2.69. The standard InChI is InChI=1S/C25H31ClN2O/c1-5-15-28-17-22(18(2)3)25(4,27-24(28)29)21-14-13-20(23(26)16-21)12-11-19-9-7-6-8-10-19/h6-10,13-14,16-18H,5,11-12,15H2,1-4H3,(H,27,29)/t25-/m0/s1. The fourth-order valence-electron chi connectivity index (χ4n) is 4.07. The summed E-state index contributed by atoms with van der Waals surface area (Å²) in [7, 11) is 0. The zero-order valence-electron chi connectivity index (χ0n) is 17.8. The third-order valence-corrected chi connectivity index (χ3v) is 6.08. The number of aryl methyl sites for hydroxylation is 2. The van der Waals surface area contributed by atoms with Crippen molar-refractivity contribution in [1.29, 1.82) is 0 Å². The van der Waals surface area contributed by atoms with Crippen molar-refractivity contribution < 1.29 is 4.79 Å². The SMILES string of the molecule is CCCN1C=C(C(C)C)[C@](C)(c2ccc(CCc3ccccc3)c(Cl)c2)NC1=O. The normalized spacial score (nSPS) is 19.3. The molecule has 0 radical (unpaired) electrons. The number of carbonyl (C=O) groups is 1. The minimum atomic E-state index is -0.558. The van der Waals surface area contributed by atoms with Crippen LogP contribution in [0, 0.1) is 5.92 Å². The van der Waals surface area contributed by atoms with E-state index in [1.54, 1.807) is 4.90 Å². The number of carbonyl (C=O) groups excluding carboxylic acids is 1. The Morgan fingerprint density at radius 3 is 2.45 bits per heavy atom. The van der Waals surface area contributed by atoms with Crippen LogP contribution in [0.5, 0.6) is 0 Å². The van der Waals surface area contributed by atoms with E-state index < -0.39 is 5.54 Å². The Kier molecular flexibility index (Phi) is 6.69. The minimum Gasteiger partial charge on any atom is -0.325 e. The molecule has 29 heavy (non-hydrogen) atoms. The molecular formula is C25H31ClN2O. The summed E-state index contributed by atoms with van der Waals surface area (Å²) in [6.07, 6.45) is 4.80. The van der Waals surface area contributed by atoms with E-state index in [0.29, 0.717) is 5.92 Å². The second-order valence-corrected chi connectivity index (χ2v) is 8.69. The van der Waals surface area contributed by atoms with E-state index >= 15 is 0 Å². The number of amides is 2. The molecule has 0 unspecified atom stereocenters. The summed E-state index contributed by atoms with van der Waals surface area (Å²) < 4.78 is 0. The van der Waals surface area contributed by atoms with Crippen molar-refractivity contribution in [3.63, 3.8) is 0 Å². The Bertz CT molecular complexity index is 891. The summed E-state index contributed by atoms with van der Waals surface area (Å²) in [6.45, 7) is 9.22. The van der Waals surface area contributed by atoms with Crippen LogP contribution >= 0.6 is 11.6 Å². The number of hydrogen-bond donors (Lipinski definition) is 1. The largest absolute Gasteiger partial charge is 0.325 e. The van der Waals surface area contributed by atoms with Crippen molar-refractivity contribution in [3.05, 3.63) is 82.0 Å². The predicted octanol–water partition coefficient (Wildman–Crippen LogP) is 6.32. The number of nitrogens with zero attached hydrogens (tertiary/aromatic N) is 1. The number of rotatable bonds is 7. The van der Waals surface area contributed by atoms with Gasteiger partial charge in [0.25, 0.3) is 0 Å². The third-order valence-electron chi connectivity index (χ3n) is 5.73. The lowest BCUT2D eigenvalue weighted by Gasteiger charge is -2.42. The van der Waals surface area contributed by atoms with Gasteiger partial charge >= 0.3 is 6.03 Å². The molecule has 3 nitrogen and oxygen atoms in total. The highest BCUT2D eigenvalue weighted by Crippen LogP contribution is 2.38. The molecule has 3 rings (SSSR count). The molecule has 2 aromatic rings. The Balaban J connectivity index is 1.87. The Hall–Kier alpha value is -2.26. The van der Waals surface area contributed by atoms with Gasteiger partial charge in [-0.1, -0.05) is 74.8 Å². The van der Waals surface area contributed by atoms with E-state index in [1.807, 2.05) is 18.3 Å². The summed E-state index contributed by atoms with van der Waals surface area (Å²) in [4.78, 5) is 14.5. The van der Waals surface area contributed by atoms with Crippen LogP contribution < -0.4 is 5.32 Å². The van der Waals surface area contributed by atoms with Gasteiger partial charge < -0.3 is 10.2 Å². The van der Waals surface area contributed by atoms with Crippen molar-refractivity contribution >= 4 is 17.6 Å². The first-order valence-electron chi connectivity index (χ1n) is 10.5. The number of nitrogens with one attached hydrogen (secondary N) is 1. The van der Waals surface area contributed by atoms with Crippen LogP contribution in [0.15, 0.2) is 60.3 Å². The highest BCUT2D eigenvalue weighted by atomic mass is 35.5. The van der Waals surface area contributed by atoms with Gasteiger partial charge in [0.1, 0.15) is 0 Å². The molecule has 1 aliphatic rings. The van der Waals surface area contributed by atoms with E-state index in [9.17, 15) is 4.79 Å². The molecule has 0 spiro atoms. The Morgan fingerprint density at radius 2 is 1.83 bits per heavy atom. The second-order valence-electron chi connectivity index (χ2n) is 8.28. The van der Waals surface area contributed by atoms with Gasteiger partial charge in [0.05, 0.1) is 5.54 Å². The fourth-order valence-corrected chi connectivity index (χ4v) is 4.35. The van der Waals surface area contributed by atoms with Crippen LogP contribution in [0.4, 0.5) is 4.79 Å². The molecule has 0 saturated carbocycles. The van der Waals surface area contributed by atoms with Gasteiger partial charge in [-0.2, -0.15) is 0 Å². The van der Waals surface area contributed by atoms with E-state index in [-0.39, 0.29) is 6.03 Å². The molecule has 2 aromatic carbocycles. The molecule has 0 aromatic heterocycles. The van der Waals surface area contributed by atoms with Crippen molar-refractivity contribution in [2.24, 2.45) is 5.92 Å². The van der Waals surface area contributed by atoms with Crippen molar-refractivity contribution in [1.82, 2.24) is 10.2 Å². The molecule has 4 heteroatoms. The van der Waals surface area contributed by atoms with Crippen LogP contribution in [0.25, 0.3) is 0 Å². The Labute approximate surface area is 179 Å². The molecule has 154 valence electrons. The van der Waals surface area contributed by atoms with Crippen LogP contribution in [-0.4, -0.2) is 17.5 Å². The highest BCUT2D eigenvalue weighted by Gasteiger charge is 2.39. The van der Waals surface area contributed by atoms with Gasteiger partial charge in [-0.05, 0) is 60.4 Å². The second kappa shape index (κ2) is 9.04. The molecule has 0 aliphatic carbocycles. The number of hydrogen-bond acceptors (Lipinski definition) is 1. The smallest absolute Gasteiger partial charge is 0.322 e. The van der Waals surface area contributed by atoms with Crippen LogP contribution in [-0.2, 0) is 18.4 Å². The summed E-state index contributed by atoms with van der Waals surface area (Å²) in [5, 5.41) is 4.00. The lowest BCUT2D eigenvalue weighted by Crippen LogP contribution is -2.54. The van der Waals surface area contributed by atoms with E-state index in [0.717, 1.165) is 42.0 Å². The first-order chi connectivity index (χ1) is 13.8. The van der Waals surface area contributed by atoms with Gasteiger partial charge in [0, 0.05) is 17.8 Å². The first kappa shape index (κ1) is 21.4. The lowest BCUT2D eigenvalue weighted by molar-refractivity contribution is 0.194. The lowest BCUT2D eigenvalue weighted by atomic mass is 9.78. The van der Waals surface area contributed by atoms with Gasteiger partial charge in [0.2, 0.25) is 0 Å². The maximum atomic E-state index is 12.7. The number of benzene rings is 2. The number of urea groups is 1. The molecule has 1 N–H and O–H groups in total. The maximum Gasteiger partial charge on any atom is 0.322 e. The van der Waals surface area contributed by atoms with Gasteiger partial charge in [-0.15, -0.1) is 0 Å². The zero-order valence-corrected chi connectivity index (χ0v) is 18.6. The van der Waals surface area contributed by atoms with Crippen LogP contribution in [0.3, 0.4) is 0 Å². The monoisotopic (exact) mass is 410 g/mol. The zero-order chi connectivity index (χ0) is 21.0. The topological polar surface area (TPSA) is 32.3 Å². The molecule has 0 bridgehead atoms. The molecule has 1 heterocycles. The maximum absolute atomic E-state index is 12.7. The number of halogens is 1.